The summed E-state index contributed by atoms with van der Waals surface area (Å²) >= 11 is 0. The van der Waals surface area contributed by atoms with Gasteiger partial charge in [-0.15, -0.1) is 0 Å². The zero-order chi connectivity index (χ0) is 15.4. The van der Waals surface area contributed by atoms with Crippen LogP contribution in [-0.4, -0.2) is 29.5 Å². The number of carbonyl (C=O) groups is 1. The first-order chi connectivity index (χ1) is 10.0. The van der Waals surface area contributed by atoms with E-state index in [1.165, 1.54) is 0 Å². The number of nitrogens with two attached hydrogens (primary N) is 1. The average Bonchev–Trinajstić information content (AvgIpc) is 2.50. The maximum atomic E-state index is 10.8. The molecule has 0 aliphatic carbocycles. The Labute approximate surface area is 122 Å². The van der Waals surface area contributed by atoms with Crippen LogP contribution in [0.25, 0.3) is 10.8 Å². The number of benzene rings is 2. The minimum absolute atomic E-state index is 0.402. The molecule has 0 saturated carbocycles. The molecule has 2 aromatic carbocycles. The number of fused-ring (bicyclic) bond motifs is 1. The highest BCUT2D eigenvalue weighted by Crippen LogP contribution is 2.21. The Hall–Kier alpha value is -2.71. The lowest BCUT2D eigenvalue weighted by molar-refractivity contribution is -0.0536. The molecule has 0 saturated heterocycles. The van der Waals surface area contributed by atoms with Gasteiger partial charge in [0.25, 0.3) is 0 Å². The van der Waals surface area contributed by atoms with Gasteiger partial charge in [0, 0.05) is 5.56 Å². The number of methoxy groups -OCH3 is 1. The van der Waals surface area contributed by atoms with Gasteiger partial charge < -0.3 is 10.5 Å². The van der Waals surface area contributed by atoms with Gasteiger partial charge in [-0.1, -0.05) is 24.0 Å². The lowest BCUT2D eigenvalue weighted by Crippen LogP contribution is -2.38. The quantitative estimate of drug-likeness (QED) is 0.505. The molecule has 0 aromatic heterocycles. The van der Waals surface area contributed by atoms with E-state index < -0.39 is 12.1 Å². The highest BCUT2D eigenvalue weighted by atomic mass is 16.5. The fraction of sp³-hybridized carbons (Fsp3) is 0.188. The van der Waals surface area contributed by atoms with Crippen LogP contribution < -0.4 is 10.5 Å². The van der Waals surface area contributed by atoms with Crippen LogP contribution in [0.4, 0.5) is 4.79 Å². The van der Waals surface area contributed by atoms with Gasteiger partial charge in [0.15, 0.2) is 0 Å². The Bertz CT molecular complexity index is 731. The molecule has 0 heterocycles. The monoisotopic (exact) mass is 284 g/mol. The van der Waals surface area contributed by atoms with Crippen molar-refractivity contribution >= 4 is 16.8 Å². The minimum atomic E-state index is -0.928. The normalized spacial score (nSPS) is 11.4. The molecule has 5 heteroatoms. The largest absolute Gasteiger partial charge is 0.497 e. The molecule has 2 aromatic rings. The van der Waals surface area contributed by atoms with E-state index >= 15 is 0 Å². The Morgan fingerprint density at radius 3 is 2.62 bits per heavy atom. The number of hydrogen-bond donors (Lipinski definition) is 2. The Morgan fingerprint density at radius 2 is 1.95 bits per heavy atom. The molecule has 0 bridgehead atoms. The third-order valence-electron chi connectivity index (χ3n) is 3.07. The summed E-state index contributed by atoms with van der Waals surface area (Å²) in [7, 11) is 1.63. The van der Waals surface area contributed by atoms with Crippen LogP contribution in [0.1, 0.15) is 12.5 Å². The molecular weight excluding hydrogens is 268 g/mol. The van der Waals surface area contributed by atoms with E-state index in [1.807, 2.05) is 36.4 Å². The van der Waals surface area contributed by atoms with Gasteiger partial charge >= 0.3 is 6.03 Å². The summed E-state index contributed by atoms with van der Waals surface area (Å²) in [6.07, 6.45) is 0. The summed E-state index contributed by atoms with van der Waals surface area (Å²) in [5.41, 5.74) is 5.75. The fourth-order valence-corrected chi connectivity index (χ4v) is 1.87. The lowest BCUT2D eigenvalue weighted by Gasteiger charge is -2.14. The molecule has 2 rings (SSSR count). The van der Waals surface area contributed by atoms with Crippen LogP contribution in [0.2, 0.25) is 0 Å². The molecule has 2 amide bonds. The minimum Gasteiger partial charge on any atom is -0.497 e. The van der Waals surface area contributed by atoms with Crippen molar-refractivity contribution < 1.29 is 14.7 Å². The van der Waals surface area contributed by atoms with E-state index in [4.69, 9.17) is 10.5 Å². The van der Waals surface area contributed by atoms with Crippen LogP contribution in [0.3, 0.4) is 0 Å². The predicted octanol–water partition coefficient (Wildman–Crippen LogP) is 2.36. The Morgan fingerprint density at radius 1 is 1.29 bits per heavy atom. The zero-order valence-corrected chi connectivity index (χ0v) is 11.8. The lowest BCUT2D eigenvalue weighted by atomic mass is 10.1. The summed E-state index contributed by atoms with van der Waals surface area (Å²) in [5.74, 6) is 6.48. The number of nitrogens with zero attached hydrogens (tertiary/aromatic N) is 1. The molecule has 1 unspecified atom stereocenters. The summed E-state index contributed by atoms with van der Waals surface area (Å²) in [5, 5.41) is 11.8. The van der Waals surface area contributed by atoms with Gasteiger partial charge in [-0.3, -0.25) is 5.21 Å². The van der Waals surface area contributed by atoms with E-state index in [0.717, 1.165) is 22.1 Å². The molecule has 0 aliphatic heterocycles. The Balaban J connectivity index is 2.26. The second kappa shape index (κ2) is 6.16. The molecule has 0 aliphatic rings. The van der Waals surface area contributed by atoms with Crippen LogP contribution in [-0.2, 0) is 0 Å². The maximum Gasteiger partial charge on any atom is 0.339 e. The summed E-state index contributed by atoms with van der Waals surface area (Å²) in [6, 6.07) is 9.91. The number of carbonyl (C=O) groups excluding carboxylic acids is 1. The third kappa shape index (κ3) is 3.44. The van der Waals surface area contributed by atoms with Gasteiger partial charge in [-0.05, 0) is 42.0 Å². The molecule has 21 heavy (non-hydrogen) atoms. The molecule has 0 radical (unpaired) electrons. The van der Waals surface area contributed by atoms with Gasteiger partial charge in [0.1, 0.15) is 11.8 Å². The SMILES string of the molecule is COc1ccc2cc(C#CC(C)N(O)C(N)=O)ccc2c1. The number of hydrogen-bond acceptors (Lipinski definition) is 3. The van der Waals surface area contributed by atoms with Crippen molar-refractivity contribution in [2.45, 2.75) is 13.0 Å². The highest BCUT2D eigenvalue weighted by molar-refractivity contribution is 5.85. The van der Waals surface area contributed by atoms with Gasteiger partial charge in [-0.25, -0.2) is 4.79 Å². The molecule has 3 N–H and O–H groups in total. The number of hydroxylamine groups is 2. The second-order valence-corrected chi connectivity index (χ2v) is 4.56. The number of primary amides is 1. The van der Waals surface area contributed by atoms with E-state index in [-0.39, 0.29) is 0 Å². The first-order valence-electron chi connectivity index (χ1n) is 6.38. The van der Waals surface area contributed by atoms with Crippen molar-refractivity contribution in [3.05, 3.63) is 42.0 Å². The summed E-state index contributed by atoms with van der Waals surface area (Å²) in [6.45, 7) is 1.59. The third-order valence-corrected chi connectivity index (χ3v) is 3.07. The van der Waals surface area contributed by atoms with Crippen molar-refractivity contribution in [3.63, 3.8) is 0 Å². The first kappa shape index (κ1) is 14.7. The number of ether oxygens (including phenoxy) is 1. The van der Waals surface area contributed by atoms with E-state index in [9.17, 15) is 10.0 Å². The zero-order valence-electron chi connectivity index (χ0n) is 11.8. The predicted molar refractivity (Wildman–Crippen MR) is 80.0 cm³/mol. The van der Waals surface area contributed by atoms with Crippen LogP contribution in [0.5, 0.6) is 5.75 Å². The second-order valence-electron chi connectivity index (χ2n) is 4.56. The van der Waals surface area contributed by atoms with Crippen LogP contribution >= 0.6 is 0 Å². The van der Waals surface area contributed by atoms with Crippen LogP contribution in [0.15, 0.2) is 36.4 Å². The summed E-state index contributed by atoms with van der Waals surface area (Å²) in [4.78, 5) is 10.8. The van der Waals surface area contributed by atoms with Crippen molar-refractivity contribution in [2.24, 2.45) is 5.73 Å². The van der Waals surface area contributed by atoms with E-state index in [1.54, 1.807) is 14.0 Å². The van der Waals surface area contributed by atoms with Crippen molar-refractivity contribution in [1.82, 2.24) is 5.06 Å². The Kier molecular flexibility index (Phi) is 4.31. The highest BCUT2D eigenvalue weighted by Gasteiger charge is 2.11. The van der Waals surface area contributed by atoms with Gasteiger partial charge in [0.2, 0.25) is 0 Å². The van der Waals surface area contributed by atoms with Crippen molar-refractivity contribution in [3.8, 4) is 17.6 Å². The first-order valence-corrected chi connectivity index (χ1v) is 6.38. The maximum absolute atomic E-state index is 10.8. The summed E-state index contributed by atoms with van der Waals surface area (Å²) < 4.78 is 5.18. The smallest absolute Gasteiger partial charge is 0.339 e. The number of rotatable bonds is 2. The van der Waals surface area contributed by atoms with Crippen LogP contribution in [0, 0.1) is 11.8 Å². The van der Waals surface area contributed by atoms with E-state index in [0.29, 0.717) is 5.06 Å². The number of amides is 2. The molecule has 1 atom stereocenters. The topological polar surface area (TPSA) is 75.8 Å². The van der Waals surface area contributed by atoms with Crippen molar-refractivity contribution in [2.75, 3.05) is 7.11 Å². The molecule has 5 nitrogen and oxygen atoms in total. The fourth-order valence-electron chi connectivity index (χ4n) is 1.87. The van der Waals surface area contributed by atoms with Gasteiger partial charge in [0.05, 0.1) is 7.11 Å². The molecule has 0 spiro atoms. The van der Waals surface area contributed by atoms with Gasteiger partial charge in [-0.2, -0.15) is 5.06 Å². The number of urea groups is 1. The molecule has 0 fully saturated rings. The molecular formula is C16H16N2O3. The van der Waals surface area contributed by atoms with Crippen molar-refractivity contribution in [1.29, 1.82) is 0 Å². The molecule has 108 valence electrons. The van der Waals surface area contributed by atoms with E-state index in [2.05, 4.69) is 11.8 Å². The average molecular weight is 284 g/mol. The standard InChI is InChI=1S/C16H16N2O3/c1-11(18(20)16(17)19)3-4-12-5-6-14-10-15(21-2)8-7-13(14)9-12/h5-11,20H,1-2H3,(H2,17,19).